The van der Waals surface area contributed by atoms with Crippen molar-refractivity contribution in [2.45, 2.75) is 46.7 Å². The van der Waals surface area contributed by atoms with Crippen LogP contribution in [0.1, 0.15) is 36.9 Å². The average Bonchev–Trinajstić information content (AvgIpc) is 2.77. The van der Waals surface area contributed by atoms with Crippen LogP contribution in [0.15, 0.2) is 24.3 Å². The largest absolute Gasteiger partial charge is 0.321 e. The molecule has 0 bridgehead atoms. The lowest BCUT2D eigenvalue weighted by atomic mass is 10.1. The highest BCUT2D eigenvalue weighted by Crippen LogP contribution is 2.32. The number of hydrogen-bond donors (Lipinski definition) is 1. The zero-order valence-electron chi connectivity index (χ0n) is 13.8. The quantitative estimate of drug-likeness (QED) is 0.906. The molecule has 0 fully saturated rings. The van der Waals surface area contributed by atoms with Gasteiger partial charge in [-0.3, -0.25) is 0 Å². The molecule has 0 aliphatic carbocycles. The summed E-state index contributed by atoms with van der Waals surface area (Å²) in [5.41, 5.74) is 3.72. The van der Waals surface area contributed by atoms with Gasteiger partial charge in [-0.25, -0.2) is 4.98 Å². The second kappa shape index (κ2) is 6.16. The molecule has 0 saturated heterocycles. The third-order valence-electron chi connectivity index (χ3n) is 3.42. The lowest BCUT2D eigenvalue weighted by Crippen LogP contribution is -2.34. The fourth-order valence-corrected chi connectivity index (χ4v) is 3.08. The lowest BCUT2D eigenvalue weighted by Gasteiger charge is -2.20. The normalized spacial score (nSPS) is 11.7. The fourth-order valence-electron chi connectivity index (χ4n) is 2.11. The molecule has 1 aromatic carbocycles. The number of rotatable bonds is 4. The number of benzene rings is 1. The van der Waals surface area contributed by atoms with Gasteiger partial charge in [-0.2, -0.15) is 0 Å². The molecule has 0 saturated carbocycles. The Bertz CT molecular complexity index is 611. The number of nitrogens with zero attached hydrogens (tertiary/aromatic N) is 2. The molecule has 2 rings (SSSR count). The summed E-state index contributed by atoms with van der Waals surface area (Å²) in [5.74, 6) is 0. The van der Waals surface area contributed by atoms with Gasteiger partial charge < -0.3 is 10.2 Å². The van der Waals surface area contributed by atoms with Crippen molar-refractivity contribution in [3.05, 3.63) is 40.4 Å². The topological polar surface area (TPSA) is 28.2 Å². The van der Waals surface area contributed by atoms with Gasteiger partial charge in [-0.15, -0.1) is 0 Å². The molecule has 21 heavy (non-hydrogen) atoms. The monoisotopic (exact) mass is 303 g/mol. The molecular formula is C17H25N3S. The minimum atomic E-state index is 0.124. The second-order valence-electron chi connectivity index (χ2n) is 6.45. The van der Waals surface area contributed by atoms with Crippen molar-refractivity contribution in [2.24, 2.45) is 0 Å². The number of thiazole rings is 1. The Balaban J connectivity index is 2.20. The van der Waals surface area contributed by atoms with Crippen LogP contribution in [0, 0.1) is 13.8 Å². The van der Waals surface area contributed by atoms with Crippen LogP contribution in [0.2, 0.25) is 0 Å². The van der Waals surface area contributed by atoms with Gasteiger partial charge in [0.1, 0.15) is 0 Å². The van der Waals surface area contributed by atoms with E-state index >= 15 is 0 Å². The molecule has 2 aromatic rings. The zero-order valence-corrected chi connectivity index (χ0v) is 14.6. The van der Waals surface area contributed by atoms with Crippen LogP contribution in [0.3, 0.4) is 0 Å². The molecule has 0 atom stereocenters. The Kier molecular flexibility index (Phi) is 4.69. The van der Waals surface area contributed by atoms with E-state index in [2.05, 4.69) is 76.1 Å². The number of para-hydroxylation sites is 1. The van der Waals surface area contributed by atoms with E-state index in [0.29, 0.717) is 0 Å². The Hall–Kier alpha value is -1.39. The lowest BCUT2D eigenvalue weighted by molar-refractivity contribution is 0.425. The Morgan fingerprint density at radius 2 is 1.86 bits per heavy atom. The highest BCUT2D eigenvalue weighted by molar-refractivity contribution is 7.15. The van der Waals surface area contributed by atoms with Crippen LogP contribution in [-0.2, 0) is 6.54 Å². The zero-order chi connectivity index (χ0) is 15.6. The summed E-state index contributed by atoms with van der Waals surface area (Å²) in [6.45, 7) is 11.6. The third-order valence-corrected chi connectivity index (χ3v) is 4.66. The SMILES string of the molecule is Cc1ccccc1N(C)c1nc(C)c(CNC(C)(C)C)s1. The van der Waals surface area contributed by atoms with Crippen molar-refractivity contribution >= 4 is 22.2 Å². The van der Waals surface area contributed by atoms with Crippen molar-refractivity contribution in [3.63, 3.8) is 0 Å². The van der Waals surface area contributed by atoms with E-state index in [9.17, 15) is 0 Å². The smallest absolute Gasteiger partial charge is 0.190 e. The highest BCUT2D eigenvalue weighted by Gasteiger charge is 2.15. The summed E-state index contributed by atoms with van der Waals surface area (Å²) < 4.78 is 0. The summed E-state index contributed by atoms with van der Waals surface area (Å²) in [4.78, 5) is 8.21. The summed E-state index contributed by atoms with van der Waals surface area (Å²) in [5, 5.41) is 4.58. The van der Waals surface area contributed by atoms with Crippen LogP contribution in [0.25, 0.3) is 0 Å². The maximum atomic E-state index is 4.73. The number of anilines is 2. The molecule has 0 spiro atoms. The maximum Gasteiger partial charge on any atom is 0.190 e. The number of aromatic nitrogens is 1. The van der Waals surface area contributed by atoms with Gasteiger partial charge in [0.2, 0.25) is 0 Å². The van der Waals surface area contributed by atoms with Crippen molar-refractivity contribution < 1.29 is 0 Å². The van der Waals surface area contributed by atoms with Crippen molar-refractivity contribution in [2.75, 3.05) is 11.9 Å². The van der Waals surface area contributed by atoms with Gasteiger partial charge >= 0.3 is 0 Å². The van der Waals surface area contributed by atoms with Crippen LogP contribution in [0.5, 0.6) is 0 Å². The van der Waals surface area contributed by atoms with Crippen LogP contribution in [-0.4, -0.2) is 17.6 Å². The maximum absolute atomic E-state index is 4.73. The average molecular weight is 303 g/mol. The Morgan fingerprint density at radius 1 is 1.19 bits per heavy atom. The predicted octanol–water partition coefficient (Wildman–Crippen LogP) is 4.42. The molecule has 1 heterocycles. The van der Waals surface area contributed by atoms with E-state index in [1.54, 1.807) is 11.3 Å². The van der Waals surface area contributed by atoms with E-state index in [1.165, 1.54) is 16.1 Å². The van der Waals surface area contributed by atoms with E-state index < -0.39 is 0 Å². The molecule has 0 amide bonds. The molecule has 114 valence electrons. The molecule has 1 N–H and O–H groups in total. The van der Waals surface area contributed by atoms with Crippen molar-refractivity contribution in [3.8, 4) is 0 Å². The van der Waals surface area contributed by atoms with Gasteiger partial charge in [0, 0.05) is 29.7 Å². The van der Waals surface area contributed by atoms with Crippen LogP contribution >= 0.6 is 11.3 Å². The van der Waals surface area contributed by atoms with E-state index in [-0.39, 0.29) is 5.54 Å². The first-order valence-electron chi connectivity index (χ1n) is 7.28. The van der Waals surface area contributed by atoms with Crippen molar-refractivity contribution in [1.82, 2.24) is 10.3 Å². The van der Waals surface area contributed by atoms with Crippen LogP contribution in [0.4, 0.5) is 10.8 Å². The minimum absolute atomic E-state index is 0.124. The number of aryl methyl sites for hydroxylation is 2. The van der Waals surface area contributed by atoms with E-state index in [4.69, 9.17) is 4.98 Å². The van der Waals surface area contributed by atoms with Gasteiger partial charge in [0.05, 0.1) is 5.69 Å². The fraction of sp³-hybridized carbons (Fsp3) is 0.471. The molecular weight excluding hydrogens is 278 g/mol. The van der Waals surface area contributed by atoms with Gasteiger partial charge in [0.25, 0.3) is 0 Å². The summed E-state index contributed by atoms with van der Waals surface area (Å²) in [6.07, 6.45) is 0. The molecule has 0 unspecified atom stereocenters. The number of hydrogen-bond acceptors (Lipinski definition) is 4. The summed E-state index contributed by atoms with van der Waals surface area (Å²) in [7, 11) is 2.08. The molecule has 4 heteroatoms. The van der Waals surface area contributed by atoms with Crippen LogP contribution < -0.4 is 10.2 Å². The standard InChI is InChI=1S/C17H25N3S/c1-12-9-7-8-10-14(12)20(6)16-19-13(2)15(21-16)11-18-17(3,4)5/h7-10,18H,11H2,1-6H3. The Morgan fingerprint density at radius 3 is 2.48 bits per heavy atom. The molecule has 0 radical (unpaired) electrons. The summed E-state index contributed by atoms with van der Waals surface area (Å²) >= 11 is 1.76. The summed E-state index contributed by atoms with van der Waals surface area (Å²) in [6, 6.07) is 8.41. The van der Waals surface area contributed by atoms with Gasteiger partial charge in [-0.1, -0.05) is 29.5 Å². The van der Waals surface area contributed by atoms with Gasteiger partial charge in [-0.05, 0) is 46.2 Å². The highest BCUT2D eigenvalue weighted by atomic mass is 32.1. The molecule has 3 nitrogen and oxygen atoms in total. The minimum Gasteiger partial charge on any atom is -0.321 e. The first-order valence-corrected chi connectivity index (χ1v) is 8.10. The third kappa shape index (κ3) is 4.05. The number of nitrogens with one attached hydrogen (secondary N) is 1. The first-order chi connectivity index (χ1) is 9.78. The van der Waals surface area contributed by atoms with Crippen molar-refractivity contribution in [1.29, 1.82) is 0 Å². The first kappa shape index (κ1) is 16.0. The molecule has 1 aromatic heterocycles. The Labute approximate surface area is 132 Å². The second-order valence-corrected chi connectivity index (χ2v) is 7.52. The molecule has 0 aliphatic rings. The molecule has 0 aliphatic heterocycles. The van der Waals surface area contributed by atoms with E-state index in [1.807, 2.05) is 0 Å². The van der Waals surface area contributed by atoms with Gasteiger partial charge in [0.15, 0.2) is 5.13 Å². The predicted molar refractivity (Wildman–Crippen MR) is 92.7 cm³/mol. The van der Waals surface area contributed by atoms with E-state index in [0.717, 1.165) is 17.4 Å².